The molecule has 1 heterocycles. The summed E-state index contributed by atoms with van der Waals surface area (Å²) in [6.45, 7) is 0. The lowest BCUT2D eigenvalue weighted by molar-refractivity contribution is 0.978. The first-order valence-electron chi connectivity index (χ1n) is 7.46. The molecule has 0 amide bonds. The average molecular weight is 285 g/mol. The number of aryl methyl sites for hydroxylation is 1. The van der Waals surface area contributed by atoms with E-state index in [1.165, 1.54) is 22.2 Å². The number of para-hydroxylation sites is 1. The Hall–Kier alpha value is -2.80. The van der Waals surface area contributed by atoms with Crippen molar-refractivity contribution in [3.8, 4) is 11.3 Å². The van der Waals surface area contributed by atoms with Gasteiger partial charge in [0.15, 0.2) is 0 Å². The highest BCUT2D eigenvalue weighted by Crippen LogP contribution is 2.26. The van der Waals surface area contributed by atoms with Gasteiger partial charge in [-0.3, -0.25) is 0 Å². The van der Waals surface area contributed by atoms with Crippen molar-refractivity contribution in [2.75, 3.05) is 0 Å². The zero-order valence-corrected chi connectivity index (χ0v) is 12.7. The molecule has 1 aromatic heterocycles. The zero-order valence-electron chi connectivity index (χ0n) is 12.7. The van der Waals surface area contributed by atoms with Crippen molar-refractivity contribution in [3.63, 3.8) is 0 Å². The first kappa shape index (κ1) is 14.2. The van der Waals surface area contributed by atoms with Crippen molar-refractivity contribution in [3.05, 3.63) is 97.1 Å². The number of hydrogen-bond acceptors (Lipinski definition) is 0. The van der Waals surface area contributed by atoms with E-state index in [1.807, 2.05) is 42.5 Å². The second-order valence-electron chi connectivity index (χ2n) is 5.17. The third-order valence-electron chi connectivity index (χ3n) is 3.69. The molecule has 22 heavy (non-hydrogen) atoms. The Kier molecular flexibility index (Phi) is 4.35. The predicted molar refractivity (Wildman–Crippen MR) is 94.8 cm³/mol. The zero-order chi connectivity index (χ0) is 15.2. The van der Waals surface area contributed by atoms with Crippen LogP contribution in [0.4, 0.5) is 0 Å². The maximum Gasteiger partial charge on any atom is 0.0488 e. The van der Waals surface area contributed by atoms with Gasteiger partial charge in [0.05, 0.1) is 0 Å². The van der Waals surface area contributed by atoms with E-state index in [4.69, 9.17) is 0 Å². The highest BCUT2D eigenvalue weighted by molar-refractivity contribution is 5.86. The van der Waals surface area contributed by atoms with Crippen LogP contribution in [0.1, 0.15) is 0 Å². The highest BCUT2D eigenvalue weighted by Gasteiger charge is 2.05. The fourth-order valence-corrected chi connectivity index (χ4v) is 2.56. The largest absolute Gasteiger partial charge is 0.344 e. The lowest BCUT2D eigenvalue weighted by Crippen LogP contribution is -1.90. The fourth-order valence-electron chi connectivity index (χ4n) is 2.56. The molecule has 0 fully saturated rings. The van der Waals surface area contributed by atoms with Gasteiger partial charge in [0.2, 0.25) is 0 Å². The van der Waals surface area contributed by atoms with Gasteiger partial charge in [-0.1, -0.05) is 84.9 Å². The Morgan fingerprint density at radius 2 is 1.09 bits per heavy atom. The molecule has 0 aliphatic heterocycles. The summed E-state index contributed by atoms with van der Waals surface area (Å²) in [5.41, 5.74) is 3.81. The lowest BCUT2D eigenvalue weighted by atomic mass is 10.1. The standard InChI is InChI=1S/C15H13N.C6H6/c1-16-14-10-6-5-9-13(14)11-15(16)12-7-3-2-4-8-12;1-2-4-6-5-3-1/h2-11H,1H3;1-6H. The summed E-state index contributed by atoms with van der Waals surface area (Å²) in [7, 11) is 2.12. The Labute approximate surface area is 131 Å². The van der Waals surface area contributed by atoms with E-state index in [2.05, 4.69) is 66.2 Å². The van der Waals surface area contributed by atoms with Gasteiger partial charge in [-0.2, -0.15) is 0 Å². The van der Waals surface area contributed by atoms with Crippen LogP contribution in [0.2, 0.25) is 0 Å². The third kappa shape index (κ3) is 3.09. The van der Waals surface area contributed by atoms with Gasteiger partial charge in [0.1, 0.15) is 0 Å². The molecule has 0 radical (unpaired) electrons. The summed E-state index contributed by atoms with van der Waals surface area (Å²) in [4.78, 5) is 0. The molecule has 1 heteroatoms. The monoisotopic (exact) mass is 285 g/mol. The number of fused-ring (bicyclic) bond motifs is 1. The topological polar surface area (TPSA) is 4.93 Å². The second-order valence-corrected chi connectivity index (χ2v) is 5.17. The van der Waals surface area contributed by atoms with E-state index in [1.54, 1.807) is 0 Å². The van der Waals surface area contributed by atoms with Crippen molar-refractivity contribution in [1.82, 2.24) is 4.57 Å². The van der Waals surface area contributed by atoms with Gasteiger partial charge < -0.3 is 4.57 Å². The fraction of sp³-hybridized carbons (Fsp3) is 0.0476. The quantitative estimate of drug-likeness (QED) is 0.433. The Morgan fingerprint density at radius 3 is 1.68 bits per heavy atom. The molecule has 0 saturated heterocycles. The molecule has 0 atom stereocenters. The molecule has 0 unspecified atom stereocenters. The summed E-state index contributed by atoms with van der Waals surface area (Å²) in [5, 5.41) is 1.30. The number of aromatic nitrogens is 1. The van der Waals surface area contributed by atoms with Gasteiger partial charge in [0, 0.05) is 23.6 Å². The normalized spacial score (nSPS) is 10.0. The van der Waals surface area contributed by atoms with Gasteiger partial charge in [0.25, 0.3) is 0 Å². The van der Waals surface area contributed by atoms with Gasteiger partial charge in [-0.25, -0.2) is 0 Å². The van der Waals surface area contributed by atoms with E-state index >= 15 is 0 Å². The molecule has 0 bridgehead atoms. The molecule has 0 aliphatic carbocycles. The molecule has 0 aliphatic rings. The maximum atomic E-state index is 2.24. The van der Waals surface area contributed by atoms with Crippen molar-refractivity contribution >= 4 is 10.9 Å². The first-order valence-corrected chi connectivity index (χ1v) is 7.46. The van der Waals surface area contributed by atoms with Crippen LogP contribution in [0.5, 0.6) is 0 Å². The maximum absolute atomic E-state index is 2.24. The minimum absolute atomic E-state index is 1.27. The lowest BCUT2D eigenvalue weighted by Gasteiger charge is -2.03. The molecule has 0 spiro atoms. The van der Waals surface area contributed by atoms with Gasteiger partial charge in [-0.15, -0.1) is 0 Å². The van der Waals surface area contributed by atoms with E-state index in [0.717, 1.165) is 0 Å². The summed E-state index contributed by atoms with van der Waals surface area (Å²) < 4.78 is 2.24. The average Bonchev–Trinajstić information content (AvgIpc) is 2.95. The van der Waals surface area contributed by atoms with Crippen LogP contribution in [0.15, 0.2) is 97.1 Å². The molecule has 0 N–H and O–H groups in total. The Morgan fingerprint density at radius 1 is 0.591 bits per heavy atom. The highest BCUT2D eigenvalue weighted by atomic mass is 14.9. The molecular weight excluding hydrogens is 266 g/mol. The Bertz CT molecular complexity index is 803. The van der Waals surface area contributed by atoms with Crippen LogP contribution >= 0.6 is 0 Å². The van der Waals surface area contributed by atoms with Crippen LogP contribution in [-0.2, 0) is 7.05 Å². The Balaban J connectivity index is 0.000000202. The predicted octanol–water partition coefficient (Wildman–Crippen LogP) is 5.53. The van der Waals surface area contributed by atoms with Gasteiger partial charge in [-0.05, 0) is 17.7 Å². The molecule has 4 rings (SSSR count). The van der Waals surface area contributed by atoms with E-state index < -0.39 is 0 Å². The summed E-state index contributed by atoms with van der Waals surface area (Å²) in [6.07, 6.45) is 0. The van der Waals surface area contributed by atoms with Crippen molar-refractivity contribution in [2.24, 2.45) is 7.05 Å². The number of nitrogens with zero attached hydrogens (tertiary/aromatic N) is 1. The van der Waals surface area contributed by atoms with Gasteiger partial charge >= 0.3 is 0 Å². The summed E-state index contributed by atoms with van der Waals surface area (Å²) >= 11 is 0. The first-order chi connectivity index (χ1) is 10.9. The molecule has 1 nitrogen and oxygen atoms in total. The summed E-state index contributed by atoms with van der Waals surface area (Å²) in [6, 6.07) is 33.2. The number of hydrogen-bond donors (Lipinski definition) is 0. The minimum atomic E-state index is 1.27. The SMILES string of the molecule is Cn1c(-c2ccccc2)cc2ccccc21.c1ccccc1. The number of rotatable bonds is 1. The van der Waals surface area contributed by atoms with E-state index in [-0.39, 0.29) is 0 Å². The molecular formula is C21H19N. The van der Waals surface area contributed by atoms with Crippen LogP contribution in [0.25, 0.3) is 22.2 Å². The molecule has 0 saturated carbocycles. The van der Waals surface area contributed by atoms with Crippen LogP contribution in [0, 0.1) is 0 Å². The second kappa shape index (κ2) is 6.77. The van der Waals surface area contributed by atoms with Crippen LogP contribution < -0.4 is 0 Å². The summed E-state index contributed by atoms with van der Waals surface area (Å²) in [5.74, 6) is 0. The molecule has 4 aromatic rings. The van der Waals surface area contributed by atoms with E-state index in [0.29, 0.717) is 0 Å². The van der Waals surface area contributed by atoms with Crippen LogP contribution in [-0.4, -0.2) is 4.57 Å². The smallest absolute Gasteiger partial charge is 0.0488 e. The minimum Gasteiger partial charge on any atom is -0.344 e. The van der Waals surface area contributed by atoms with Crippen LogP contribution in [0.3, 0.4) is 0 Å². The van der Waals surface area contributed by atoms with Crippen molar-refractivity contribution < 1.29 is 0 Å². The van der Waals surface area contributed by atoms with Crippen molar-refractivity contribution in [1.29, 1.82) is 0 Å². The molecule has 3 aromatic carbocycles. The third-order valence-corrected chi connectivity index (χ3v) is 3.69. The number of benzene rings is 3. The van der Waals surface area contributed by atoms with E-state index in [9.17, 15) is 0 Å². The van der Waals surface area contributed by atoms with Crippen molar-refractivity contribution in [2.45, 2.75) is 0 Å². The molecule has 108 valence electrons.